The molecule has 0 amide bonds. The van der Waals surface area contributed by atoms with E-state index >= 15 is 0 Å². The number of hydrogen-bond donors (Lipinski definition) is 0. The lowest BCUT2D eigenvalue weighted by molar-refractivity contribution is 0.604. The first kappa shape index (κ1) is 9.53. The summed E-state index contributed by atoms with van der Waals surface area (Å²) < 4.78 is 5.61. The lowest BCUT2D eigenvalue weighted by Crippen LogP contribution is -1.65. The second-order valence-electron chi connectivity index (χ2n) is 3.07. The average molecular weight is 251 g/mol. The molecule has 0 aliphatic carbocycles. The number of rotatable bonds is 3. The van der Waals surface area contributed by atoms with E-state index < -0.39 is 0 Å². The van der Waals surface area contributed by atoms with Gasteiger partial charge in [0.25, 0.3) is 0 Å². The van der Waals surface area contributed by atoms with Crippen LogP contribution < -0.4 is 0 Å². The molecule has 72 valence electrons. The van der Waals surface area contributed by atoms with Gasteiger partial charge < -0.3 is 4.42 Å². The third kappa shape index (κ3) is 2.07. The van der Waals surface area contributed by atoms with E-state index in [2.05, 4.69) is 34.1 Å². The van der Waals surface area contributed by atoms with Gasteiger partial charge in [0.1, 0.15) is 11.3 Å². The van der Waals surface area contributed by atoms with E-state index in [9.17, 15) is 0 Å². The zero-order valence-corrected chi connectivity index (χ0v) is 9.33. The fraction of sp³-hybridized carbons (Fsp3) is 0.167. The minimum atomic E-state index is 0.923. The van der Waals surface area contributed by atoms with Gasteiger partial charge in [-0.2, -0.15) is 0 Å². The van der Waals surface area contributed by atoms with E-state index in [-0.39, 0.29) is 0 Å². The van der Waals surface area contributed by atoms with E-state index in [0.29, 0.717) is 0 Å². The molecule has 14 heavy (non-hydrogen) atoms. The lowest BCUT2D eigenvalue weighted by atomic mass is 10.2. The molecule has 0 aliphatic rings. The normalized spacial score (nSPS) is 11.5. The van der Waals surface area contributed by atoms with Gasteiger partial charge in [0, 0.05) is 10.7 Å². The highest BCUT2D eigenvalue weighted by atomic mass is 79.9. The van der Waals surface area contributed by atoms with E-state index in [0.717, 1.165) is 28.5 Å². The van der Waals surface area contributed by atoms with Crippen LogP contribution in [0.5, 0.6) is 0 Å². The van der Waals surface area contributed by atoms with Crippen LogP contribution in [0.3, 0.4) is 0 Å². The summed E-state index contributed by atoms with van der Waals surface area (Å²) in [6.07, 6.45) is 5.14. The molecular weight excluding hydrogens is 240 g/mol. The topological polar surface area (TPSA) is 13.1 Å². The second kappa shape index (κ2) is 4.47. The van der Waals surface area contributed by atoms with Crippen LogP contribution in [-0.4, -0.2) is 5.33 Å². The summed E-state index contributed by atoms with van der Waals surface area (Å²) >= 11 is 3.38. The minimum Gasteiger partial charge on any atom is -0.457 e. The van der Waals surface area contributed by atoms with Crippen LogP contribution in [0.2, 0.25) is 0 Å². The van der Waals surface area contributed by atoms with Gasteiger partial charge >= 0.3 is 0 Å². The molecular formula is C12H11BrO. The van der Waals surface area contributed by atoms with Gasteiger partial charge in [-0.15, -0.1) is 0 Å². The fourth-order valence-corrected chi connectivity index (χ4v) is 1.61. The number of alkyl halides is 1. The second-order valence-corrected chi connectivity index (χ2v) is 3.86. The maximum Gasteiger partial charge on any atom is 0.134 e. The van der Waals surface area contributed by atoms with Gasteiger partial charge in [0.2, 0.25) is 0 Å². The third-order valence-corrected chi connectivity index (χ3v) is 2.46. The first-order valence-electron chi connectivity index (χ1n) is 4.61. The largest absolute Gasteiger partial charge is 0.457 e. The molecule has 2 aromatic rings. The molecule has 0 radical (unpaired) electrons. The van der Waals surface area contributed by atoms with Gasteiger partial charge in [0.05, 0.1) is 0 Å². The summed E-state index contributed by atoms with van der Waals surface area (Å²) in [6, 6.07) is 10.1. The van der Waals surface area contributed by atoms with Crippen molar-refractivity contribution in [2.24, 2.45) is 0 Å². The molecule has 1 aromatic carbocycles. The third-order valence-electron chi connectivity index (χ3n) is 2.00. The van der Waals surface area contributed by atoms with Crippen molar-refractivity contribution in [2.75, 3.05) is 5.33 Å². The number of allylic oxidation sites excluding steroid dienone is 1. The number of benzene rings is 1. The Morgan fingerprint density at radius 1 is 1.29 bits per heavy atom. The maximum absolute atomic E-state index is 5.61. The molecule has 0 spiro atoms. The molecule has 0 atom stereocenters. The molecule has 0 bridgehead atoms. The first-order chi connectivity index (χ1) is 6.90. The van der Waals surface area contributed by atoms with Crippen LogP contribution in [-0.2, 0) is 0 Å². The standard InChI is InChI=1S/C12H11BrO/c13-8-4-3-6-11-9-10-5-1-2-7-12(10)14-11/h1-3,5-7,9H,4,8H2/b6-3+. The van der Waals surface area contributed by atoms with Crippen molar-refractivity contribution >= 4 is 33.0 Å². The summed E-state index contributed by atoms with van der Waals surface area (Å²) in [4.78, 5) is 0. The van der Waals surface area contributed by atoms with E-state index in [1.165, 1.54) is 0 Å². The number of furan rings is 1. The zero-order chi connectivity index (χ0) is 9.80. The Balaban J connectivity index is 2.27. The molecule has 0 saturated heterocycles. The maximum atomic E-state index is 5.61. The quantitative estimate of drug-likeness (QED) is 0.744. The molecule has 2 rings (SSSR count). The molecule has 0 saturated carbocycles. The Morgan fingerprint density at radius 3 is 2.93 bits per heavy atom. The van der Waals surface area contributed by atoms with Crippen molar-refractivity contribution < 1.29 is 4.42 Å². The number of para-hydroxylation sites is 1. The van der Waals surface area contributed by atoms with Crippen LogP contribution in [0, 0.1) is 0 Å². The van der Waals surface area contributed by atoms with Crippen molar-refractivity contribution in [2.45, 2.75) is 6.42 Å². The van der Waals surface area contributed by atoms with Crippen LogP contribution >= 0.6 is 15.9 Å². The predicted molar refractivity (Wildman–Crippen MR) is 63.7 cm³/mol. The zero-order valence-electron chi connectivity index (χ0n) is 7.74. The van der Waals surface area contributed by atoms with Gasteiger partial charge in [-0.25, -0.2) is 0 Å². The van der Waals surface area contributed by atoms with Crippen molar-refractivity contribution in [3.8, 4) is 0 Å². The highest BCUT2D eigenvalue weighted by Crippen LogP contribution is 2.19. The smallest absolute Gasteiger partial charge is 0.134 e. The summed E-state index contributed by atoms with van der Waals surface area (Å²) in [6.45, 7) is 0. The molecule has 0 aliphatic heterocycles. The van der Waals surface area contributed by atoms with E-state index in [1.807, 2.05) is 24.3 Å². The summed E-state index contributed by atoms with van der Waals surface area (Å²) in [5, 5.41) is 2.15. The Kier molecular flexibility index (Phi) is 3.04. The minimum absolute atomic E-state index is 0.923. The van der Waals surface area contributed by atoms with Gasteiger partial charge in [-0.05, 0) is 24.6 Å². The van der Waals surface area contributed by atoms with Gasteiger partial charge in [-0.3, -0.25) is 0 Å². The van der Waals surface area contributed by atoms with Gasteiger partial charge in [-0.1, -0.05) is 40.2 Å². The Hall–Kier alpha value is -1.02. The highest BCUT2D eigenvalue weighted by Gasteiger charge is 1.98. The highest BCUT2D eigenvalue weighted by molar-refractivity contribution is 9.09. The number of halogens is 1. The number of hydrogen-bond acceptors (Lipinski definition) is 1. The summed E-state index contributed by atoms with van der Waals surface area (Å²) in [5.41, 5.74) is 0.950. The monoisotopic (exact) mass is 250 g/mol. The Bertz CT molecular complexity index is 409. The molecule has 1 aromatic heterocycles. The lowest BCUT2D eigenvalue weighted by Gasteiger charge is -1.84. The van der Waals surface area contributed by atoms with Crippen molar-refractivity contribution in [1.29, 1.82) is 0 Å². The summed E-state index contributed by atoms with van der Waals surface area (Å²) in [7, 11) is 0. The van der Waals surface area contributed by atoms with E-state index in [4.69, 9.17) is 4.42 Å². The predicted octanol–water partition coefficient (Wildman–Crippen LogP) is 4.23. The summed E-state index contributed by atoms with van der Waals surface area (Å²) in [5.74, 6) is 0.923. The van der Waals surface area contributed by atoms with Crippen LogP contribution in [0.4, 0.5) is 0 Å². The Labute approximate surface area is 91.5 Å². The molecule has 0 N–H and O–H groups in total. The number of fused-ring (bicyclic) bond motifs is 1. The Morgan fingerprint density at radius 2 is 2.14 bits per heavy atom. The molecule has 0 unspecified atom stereocenters. The van der Waals surface area contributed by atoms with Crippen LogP contribution in [0.15, 0.2) is 40.8 Å². The van der Waals surface area contributed by atoms with Gasteiger partial charge in [0.15, 0.2) is 0 Å². The molecule has 1 heterocycles. The van der Waals surface area contributed by atoms with Crippen LogP contribution in [0.1, 0.15) is 12.2 Å². The fourth-order valence-electron chi connectivity index (χ4n) is 1.35. The first-order valence-corrected chi connectivity index (χ1v) is 5.73. The molecule has 2 heteroatoms. The molecule has 1 nitrogen and oxygen atoms in total. The van der Waals surface area contributed by atoms with E-state index in [1.54, 1.807) is 0 Å². The van der Waals surface area contributed by atoms with Crippen molar-refractivity contribution in [3.63, 3.8) is 0 Å². The SMILES string of the molecule is BrCC/C=C/c1cc2ccccc2o1. The van der Waals surface area contributed by atoms with Crippen molar-refractivity contribution in [1.82, 2.24) is 0 Å². The van der Waals surface area contributed by atoms with Crippen molar-refractivity contribution in [3.05, 3.63) is 42.2 Å². The molecule has 0 fully saturated rings. The average Bonchev–Trinajstić information content (AvgIpc) is 2.60. The van der Waals surface area contributed by atoms with Crippen LogP contribution in [0.25, 0.3) is 17.0 Å².